The van der Waals surface area contributed by atoms with Crippen LogP contribution in [0.2, 0.25) is 0 Å². The Bertz CT molecular complexity index is 383. The zero-order valence-corrected chi connectivity index (χ0v) is 8.39. The maximum Gasteiger partial charge on any atom is 0.338 e. The van der Waals surface area contributed by atoms with Crippen LogP contribution in [-0.2, 0) is 4.74 Å². The number of nitrogens with two attached hydrogens (primary N) is 1. The lowest BCUT2D eigenvalue weighted by Crippen LogP contribution is -2.22. The first-order valence-electron chi connectivity index (χ1n) is 4.55. The minimum Gasteiger partial charge on any atom is -0.459 e. The van der Waals surface area contributed by atoms with Crippen LogP contribution in [0.3, 0.4) is 0 Å². The van der Waals surface area contributed by atoms with Crippen molar-refractivity contribution in [2.75, 3.05) is 18.9 Å². The number of nitrogen functional groups attached to an aromatic ring is 1. The number of anilines is 1. The molecule has 0 aromatic heterocycles. The van der Waals surface area contributed by atoms with Crippen LogP contribution < -0.4 is 5.73 Å². The summed E-state index contributed by atoms with van der Waals surface area (Å²) >= 11 is 0. The first-order chi connectivity index (χ1) is 7.54. The number of rotatable bonds is 4. The molecule has 0 aliphatic heterocycles. The van der Waals surface area contributed by atoms with Crippen molar-refractivity contribution in [1.82, 2.24) is 0 Å². The van der Waals surface area contributed by atoms with Crippen LogP contribution in [0.15, 0.2) is 18.2 Å². The number of benzene rings is 1. The monoisotopic (exact) mass is 229 g/mol. The van der Waals surface area contributed by atoms with Gasteiger partial charge in [0.2, 0.25) is 0 Å². The van der Waals surface area contributed by atoms with Crippen LogP contribution in [0.4, 0.5) is 10.1 Å². The Morgan fingerprint density at radius 2 is 2.25 bits per heavy atom. The Hall–Kier alpha value is -1.66. The van der Waals surface area contributed by atoms with E-state index >= 15 is 0 Å². The fraction of sp³-hybridized carbons (Fsp3) is 0.300. The van der Waals surface area contributed by atoms with Crippen LogP contribution in [0.1, 0.15) is 10.4 Å². The Balaban J connectivity index is 2.63. The van der Waals surface area contributed by atoms with E-state index in [-0.39, 0.29) is 17.9 Å². The summed E-state index contributed by atoms with van der Waals surface area (Å²) in [5, 5.41) is 17.4. The van der Waals surface area contributed by atoms with Crippen molar-refractivity contribution in [3.63, 3.8) is 0 Å². The molecule has 4 N–H and O–H groups in total. The zero-order chi connectivity index (χ0) is 12.1. The average Bonchev–Trinajstić information content (AvgIpc) is 2.29. The Morgan fingerprint density at radius 1 is 1.56 bits per heavy atom. The average molecular weight is 229 g/mol. The highest BCUT2D eigenvalue weighted by molar-refractivity contribution is 5.90. The number of ether oxygens (including phenoxy) is 1. The van der Waals surface area contributed by atoms with E-state index in [1.165, 1.54) is 6.07 Å². The molecule has 6 heteroatoms. The summed E-state index contributed by atoms with van der Waals surface area (Å²) in [6.07, 6.45) is -1.12. The Kier molecular flexibility index (Phi) is 4.21. The summed E-state index contributed by atoms with van der Waals surface area (Å²) in [6, 6.07) is 3.41. The molecule has 0 amide bonds. The van der Waals surface area contributed by atoms with Crippen molar-refractivity contribution >= 4 is 11.7 Å². The second-order valence-electron chi connectivity index (χ2n) is 3.17. The second kappa shape index (κ2) is 5.43. The number of hydrogen-bond donors (Lipinski definition) is 3. The summed E-state index contributed by atoms with van der Waals surface area (Å²) in [7, 11) is 0. The highest BCUT2D eigenvalue weighted by Gasteiger charge is 2.11. The van der Waals surface area contributed by atoms with Crippen molar-refractivity contribution in [1.29, 1.82) is 0 Å². The topological polar surface area (TPSA) is 92.8 Å². The van der Waals surface area contributed by atoms with E-state index in [1.54, 1.807) is 0 Å². The van der Waals surface area contributed by atoms with Gasteiger partial charge in [0.15, 0.2) is 0 Å². The molecular weight excluding hydrogens is 217 g/mol. The standard InChI is InChI=1S/C10H12FNO4/c11-8-2-1-6(3-9(8)12)10(15)16-5-7(14)4-13/h1-3,7,13-14H,4-5,12H2. The van der Waals surface area contributed by atoms with Crippen molar-refractivity contribution in [3.05, 3.63) is 29.6 Å². The van der Waals surface area contributed by atoms with Gasteiger partial charge in [0.25, 0.3) is 0 Å². The number of aliphatic hydroxyl groups is 2. The summed E-state index contributed by atoms with van der Waals surface area (Å²) in [5.41, 5.74) is 5.20. The number of halogens is 1. The zero-order valence-electron chi connectivity index (χ0n) is 8.39. The van der Waals surface area contributed by atoms with E-state index in [0.29, 0.717) is 0 Å². The largest absolute Gasteiger partial charge is 0.459 e. The molecule has 16 heavy (non-hydrogen) atoms. The summed E-state index contributed by atoms with van der Waals surface area (Å²) in [6.45, 7) is -0.828. The number of carbonyl (C=O) groups excluding carboxylic acids is 1. The minimum absolute atomic E-state index is 0.0871. The van der Waals surface area contributed by atoms with E-state index < -0.39 is 24.5 Å². The van der Waals surface area contributed by atoms with Crippen molar-refractivity contribution in [3.8, 4) is 0 Å². The molecule has 0 fully saturated rings. The summed E-state index contributed by atoms with van der Waals surface area (Å²) < 4.78 is 17.4. The smallest absolute Gasteiger partial charge is 0.338 e. The molecule has 0 saturated heterocycles. The van der Waals surface area contributed by atoms with Crippen molar-refractivity contribution < 1.29 is 24.1 Å². The van der Waals surface area contributed by atoms with Gasteiger partial charge in [-0.05, 0) is 18.2 Å². The molecule has 1 rings (SSSR count). The van der Waals surface area contributed by atoms with Gasteiger partial charge in [-0.3, -0.25) is 0 Å². The summed E-state index contributed by atoms with van der Waals surface area (Å²) in [5.74, 6) is -1.36. The van der Waals surface area contributed by atoms with E-state index in [9.17, 15) is 9.18 Å². The van der Waals surface area contributed by atoms with E-state index in [2.05, 4.69) is 4.74 Å². The maximum atomic E-state index is 12.8. The maximum absolute atomic E-state index is 12.8. The molecule has 0 heterocycles. The lowest BCUT2D eigenvalue weighted by molar-refractivity contribution is 0.00933. The van der Waals surface area contributed by atoms with Gasteiger partial charge in [0, 0.05) is 0 Å². The first kappa shape index (κ1) is 12.4. The van der Waals surface area contributed by atoms with Crippen molar-refractivity contribution in [2.24, 2.45) is 0 Å². The molecular formula is C10H12FNO4. The van der Waals surface area contributed by atoms with Gasteiger partial charge in [0.05, 0.1) is 17.9 Å². The van der Waals surface area contributed by atoms with E-state index in [0.717, 1.165) is 12.1 Å². The fourth-order valence-electron chi connectivity index (χ4n) is 0.979. The first-order valence-corrected chi connectivity index (χ1v) is 4.55. The van der Waals surface area contributed by atoms with E-state index in [4.69, 9.17) is 15.9 Å². The number of carbonyl (C=O) groups is 1. The molecule has 0 bridgehead atoms. The molecule has 1 aromatic rings. The number of aliphatic hydroxyl groups excluding tert-OH is 2. The van der Waals surface area contributed by atoms with Crippen LogP contribution in [0, 0.1) is 5.82 Å². The molecule has 0 aliphatic rings. The van der Waals surface area contributed by atoms with Crippen LogP contribution in [0.25, 0.3) is 0 Å². The lowest BCUT2D eigenvalue weighted by atomic mass is 10.2. The van der Waals surface area contributed by atoms with Gasteiger partial charge in [-0.25, -0.2) is 9.18 Å². The van der Waals surface area contributed by atoms with Crippen LogP contribution in [-0.4, -0.2) is 35.5 Å². The van der Waals surface area contributed by atoms with Gasteiger partial charge in [0.1, 0.15) is 18.5 Å². The quantitative estimate of drug-likeness (QED) is 0.496. The number of esters is 1. The van der Waals surface area contributed by atoms with Gasteiger partial charge in [-0.15, -0.1) is 0 Å². The molecule has 5 nitrogen and oxygen atoms in total. The van der Waals surface area contributed by atoms with Crippen molar-refractivity contribution in [2.45, 2.75) is 6.10 Å². The molecule has 0 saturated carbocycles. The highest BCUT2D eigenvalue weighted by atomic mass is 19.1. The number of hydrogen-bond acceptors (Lipinski definition) is 5. The Labute approximate surface area is 91.3 Å². The van der Waals surface area contributed by atoms with Crippen LogP contribution in [0.5, 0.6) is 0 Å². The normalized spacial score (nSPS) is 12.2. The third kappa shape index (κ3) is 3.18. The molecule has 0 aliphatic carbocycles. The minimum atomic E-state index is -1.12. The van der Waals surface area contributed by atoms with E-state index in [1.807, 2.05) is 0 Å². The third-order valence-electron chi connectivity index (χ3n) is 1.85. The highest BCUT2D eigenvalue weighted by Crippen LogP contribution is 2.13. The van der Waals surface area contributed by atoms with Crippen LogP contribution >= 0.6 is 0 Å². The van der Waals surface area contributed by atoms with Gasteiger partial charge >= 0.3 is 5.97 Å². The molecule has 1 unspecified atom stereocenters. The van der Waals surface area contributed by atoms with Gasteiger partial charge in [-0.2, -0.15) is 0 Å². The molecule has 1 atom stereocenters. The second-order valence-corrected chi connectivity index (χ2v) is 3.17. The van der Waals surface area contributed by atoms with Gasteiger partial charge < -0.3 is 20.7 Å². The fourth-order valence-corrected chi connectivity index (χ4v) is 0.979. The third-order valence-corrected chi connectivity index (χ3v) is 1.85. The Morgan fingerprint density at radius 3 is 2.81 bits per heavy atom. The molecule has 0 spiro atoms. The SMILES string of the molecule is Nc1cc(C(=O)OCC(O)CO)ccc1F. The summed E-state index contributed by atoms with van der Waals surface area (Å²) in [4.78, 5) is 11.3. The predicted octanol–water partition coefficient (Wildman–Crippen LogP) is -0.0821. The van der Waals surface area contributed by atoms with Gasteiger partial charge in [-0.1, -0.05) is 0 Å². The predicted molar refractivity (Wildman–Crippen MR) is 54.2 cm³/mol. The molecule has 1 aromatic carbocycles. The molecule has 0 radical (unpaired) electrons. The lowest BCUT2D eigenvalue weighted by Gasteiger charge is -2.08. The molecule has 88 valence electrons.